The molecule has 0 spiro atoms. The number of rotatable bonds is 6. The second-order valence-electron chi connectivity index (χ2n) is 12.1. The number of hydrogen-bond acceptors (Lipinski definition) is 4. The van der Waals surface area contributed by atoms with Gasteiger partial charge in [-0.3, -0.25) is 0 Å². The highest BCUT2D eigenvalue weighted by Crippen LogP contribution is 2.48. The van der Waals surface area contributed by atoms with Crippen LogP contribution in [0.1, 0.15) is 86.0 Å². The molecule has 1 heterocycles. The first-order valence-corrected chi connectivity index (χ1v) is 13.7. The van der Waals surface area contributed by atoms with Crippen molar-refractivity contribution in [2.24, 2.45) is 0 Å². The van der Waals surface area contributed by atoms with Gasteiger partial charge in [-0.05, 0) is 57.2 Å². The molecule has 210 valence electrons. The van der Waals surface area contributed by atoms with Crippen LogP contribution in [-0.4, -0.2) is 21.2 Å². The molecule has 4 rings (SSSR count). The second-order valence-corrected chi connectivity index (χ2v) is 12.1. The maximum Gasteiger partial charge on any atom is 0.337 e. The molecule has 1 aromatic heterocycles. The summed E-state index contributed by atoms with van der Waals surface area (Å²) >= 11 is 0. The summed E-state index contributed by atoms with van der Waals surface area (Å²) in [6.45, 7) is 13.3. The molecule has 4 aromatic rings. The van der Waals surface area contributed by atoms with Gasteiger partial charge < -0.3 is 14.9 Å². The molecule has 41 heavy (non-hydrogen) atoms. The number of benzene rings is 3. The van der Waals surface area contributed by atoms with E-state index in [0.717, 1.165) is 33.6 Å². The van der Waals surface area contributed by atoms with Crippen LogP contribution in [0.3, 0.4) is 0 Å². The molecule has 1 unspecified atom stereocenters. The van der Waals surface area contributed by atoms with Gasteiger partial charge in [-0.15, -0.1) is 0 Å². The lowest BCUT2D eigenvalue weighted by Crippen LogP contribution is -2.26. The Hall–Kier alpha value is -4.40. The zero-order valence-corrected chi connectivity index (χ0v) is 24.5. The van der Waals surface area contributed by atoms with E-state index in [4.69, 9.17) is 9.84 Å². The lowest BCUT2D eigenvalue weighted by Gasteiger charge is -2.36. The van der Waals surface area contributed by atoms with Crippen LogP contribution in [0.2, 0.25) is 0 Å². The van der Waals surface area contributed by atoms with E-state index < -0.39 is 12.1 Å². The predicted molar refractivity (Wildman–Crippen MR) is 163 cm³/mol. The Morgan fingerprint density at radius 3 is 2.02 bits per heavy atom. The fourth-order valence-corrected chi connectivity index (χ4v) is 4.95. The molecule has 3 aromatic carbocycles. The topological polar surface area (TPSA) is 79.7 Å². The van der Waals surface area contributed by atoms with Gasteiger partial charge in [-0.1, -0.05) is 108 Å². The van der Waals surface area contributed by atoms with E-state index in [-0.39, 0.29) is 16.4 Å². The van der Waals surface area contributed by atoms with Crippen LogP contribution in [0.5, 0.6) is 5.75 Å². The lowest BCUT2D eigenvalue weighted by atomic mass is 9.70. The maximum absolute atomic E-state index is 11.6. The number of carboxylic acids is 1. The monoisotopic (exact) mass is 547 g/mol. The number of aromatic carboxylic acids is 1. The Labute approximate surface area is 242 Å². The first kappa shape index (κ1) is 29.6. The van der Waals surface area contributed by atoms with Gasteiger partial charge in [0.15, 0.2) is 0 Å². The summed E-state index contributed by atoms with van der Waals surface area (Å²) in [7, 11) is 0. The van der Waals surface area contributed by atoms with Crippen molar-refractivity contribution in [2.75, 3.05) is 0 Å². The molecule has 5 nitrogen and oxygen atoms in total. The number of hydrogen-bond donors (Lipinski definition) is 2. The summed E-state index contributed by atoms with van der Waals surface area (Å²) in [5, 5.41) is 20.8. The highest BCUT2D eigenvalue weighted by atomic mass is 16.5. The van der Waals surface area contributed by atoms with Gasteiger partial charge in [0.2, 0.25) is 0 Å². The van der Waals surface area contributed by atoms with Crippen LogP contribution in [0.15, 0.2) is 85.1 Å². The molecule has 0 saturated carbocycles. The maximum atomic E-state index is 11.6. The predicted octanol–water partition coefficient (Wildman–Crippen LogP) is 7.71. The van der Waals surface area contributed by atoms with Crippen molar-refractivity contribution in [3.8, 4) is 28.7 Å². The van der Waals surface area contributed by atoms with Crippen LogP contribution < -0.4 is 4.74 Å². The Morgan fingerprint density at radius 1 is 0.878 bits per heavy atom. The molecule has 0 aliphatic rings. The van der Waals surface area contributed by atoms with Crippen LogP contribution in [0.4, 0.5) is 0 Å². The van der Waals surface area contributed by atoms with E-state index in [0.29, 0.717) is 17.9 Å². The molecule has 0 saturated heterocycles. The number of aliphatic hydroxyl groups is 1. The molecular formula is C36H37NO4. The SMILES string of the molecule is CC(C)(C)c1c(C(O)C#Cc2ccc(C(=O)O)cn2)cc(-c2ccccc2)c(OCc2ccccc2)c1C(C)(C)C. The van der Waals surface area contributed by atoms with Crippen LogP contribution >= 0.6 is 0 Å². The number of aliphatic hydroxyl groups excluding tert-OH is 1. The Kier molecular flexibility index (Phi) is 8.66. The number of pyridine rings is 1. The summed E-state index contributed by atoms with van der Waals surface area (Å²) < 4.78 is 6.69. The van der Waals surface area contributed by atoms with E-state index in [1.165, 1.54) is 12.3 Å². The molecule has 0 aliphatic carbocycles. The first-order valence-electron chi connectivity index (χ1n) is 13.7. The van der Waals surface area contributed by atoms with Gasteiger partial charge >= 0.3 is 5.97 Å². The van der Waals surface area contributed by atoms with E-state index in [2.05, 4.69) is 58.4 Å². The summed E-state index contributed by atoms with van der Waals surface area (Å²) in [6, 6.07) is 25.2. The minimum Gasteiger partial charge on any atom is -0.488 e. The van der Waals surface area contributed by atoms with Gasteiger partial charge in [0.05, 0.1) is 5.56 Å². The Balaban J connectivity index is 1.94. The van der Waals surface area contributed by atoms with Crippen LogP contribution in [-0.2, 0) is 17.4 Å². The zero-order chi connectivity index (χ0) is 29.8. The molecular weight excluding hydrogens is 510 g/mol. The molecule has 1 atom stereocenters. The minimum atomic E-state index is -1.11. The third-order valence-corrected chi connectivity index (χ3v) is 6.76. The zero-order valence-electron chi connectivity index (χ0n) is 24.5. The van der Waals surface area contributed by atoms with Crippen LogP contribution in [0, 0.1) is 11.8 Å². The van der Waals surface area contributed by atoms with Gasteiger partial charge in [-0.2, -0.15) is 0 Å². The van der Waals surface area contributed by atoms with E-state index in [1.807, 2.05) is 66.7 Å². The highest BCUT2D eigenvalue weighted by molar-refractivity contribution is 5.87. The Morgan fingerprint density at radius 2 is 1.49 bits per heavy atom. The fraction of sp³-hybridized carbons (Fsp3) is 0.278. The van der Waals surface area contributed by atoms with Gasteiger partial charge in [0.1, 0.15) is 24.2 Å². The normalized spacial score (nSPS) is 12.3. The average molecular weight is 548 g/mol. The smallest absolute Gasteiger partial charge is 0.337 e. The average Bonchev–Trinajstić information content (AvgIpc) is 2.94. The van der Waals surface area contributed by atoms with Crippen molar-refractivity contribution in [3.63, 3.8) is 0 Å². The van der Waals surface area contributed by atoms with Crippen LogP contribution in [0.25, 0.3) is 11.1 Å². The fourth-order valence-electron chi connectivity index (χ4n) is 4.95. The third-order valence-electron chi connectivity index (χ3n) is 6.76. The highest BCUT2D eigenvalue weighted by Gasteiger charge is 2.35. The number of aromatic nitrogens is 1. The van der Waals surface area contributed by atoms with Gasteiger partial charge in [0, 0.05) is 17.3 Å². The quantitative estimate of drug-likeness (QED) is 0.242. The van der Waals surface area contributed by atoms with E-state index in [9.17, 15) is 9.90 Å². The van der Waals surface area contributed by atoms with Crippen molar-refractivity contribution >= 4 is 5.97 Å². The van der Waals surface area contributed by atoms with Crippen molar-refractivity contribution in [1.82, 2.24) is 4.98 Å². The number of carbonyl (C=O) groups is 1. The summed E-state index contributed by atoms with van der Waals surface area (Å²) in [5.74, 6) is 5.64. The summed E-state index contributed by atoms with van der Waals surface area (Å²) in [5.41, 5.74) is 5.47. The minimum absolute atomic E-state index is 0.0829. The number of nitrogens with zero attached hydrogens (tertiary/aromatic N) is 1. The first-order chi connectivity index (χ1) is 19.4. The van der Waals surface area contributed by atoms with Crippen molar-refractivity contribution in [2.45, 2.75) is 65.1 Å². The van der Waals surface area contributed by atoms with Crippen molar-refractivity contribution in [3.05, 3.63) is 119 Å². The van der Waals surface area contributed by atoms with Crippen molar-refractivity contribution < 1.29 is 19.7 Å². The Bertz CT molecular complexity index is 1570. The largest absolute Gasteiger partial charge is 0.488 e. The summed E-state index contributed by atoms with van der Waals surface area (Å²) in [4.78, 5) is 15.3. The summed E-state index contributed by atoms with van der Waals surface area (Å²) in [6.07, 6.45) is 0.153. The van der Waals surface area contributed by atoms with Gasteiger partial charge in [0.25, 0.3) is 0 Å². The molecule has 0 fully saturated rings. The molecule has 0 aliphatic heterocycles. The van der Waals surface area contributed by atoms with Gasteiger partial charge in [-0.25, -0.2) is 9.78 Å². The third kappa shape index (κ3) is 7.03. The van der Waals surface area contributed by atoms with E-state index >= 15 is 0 Å². The number of carboxylic acid groups (broad SMARTS) is 1. The second kappa shape index (κ2) is 12.0. The molecule has 0 bridgehead atoms. The standard InChI is InChI=1S/C36H37NO4/c1-35(2,3)31-29(30(38)20-19-27-18-17-26(22-37-27)34(39)40)21-28(25-15-11-8-12-16-25)33(32(31)36(4,5)6)41-23-24-13-9-7-10-14-24/h7-18,21-22,30,38H,23H2,1-6H3,(H,39,40). The molecule has 5 heteroatoms. The van der Waals surface area contributed by atoms with Crippen molar-refractivity contribution in [1.29, 1.82) is 0 Å². The molecule has 2 N–H and O–H groups in total. The van der Waals surface area contributed by atoms with E-state index in [1.54, 1.807) is 6.07 Å². The number of ether oxygens (including phenoxy) is 1. The lowest BCUT2D eigenvalue weighted by molar-refractivity contribution is 0.0696. The molecule has 0 amide bonds. The molecule has 0 radical (unpaired) electrons.